The number of pyridine rings is 1. The van der Waals surface area contributed by atoms with Crippen molar-refractivity contribution < 1.29 is 14.3 Å². The summed E-state index contributed by atoms with van der Waals surface area (Å²) in [5.74, 6) is 0.0531. The molecular formula is C22H22N4O3. The number of hydrogen-bond acceptors (Lipinski definition) is 6. The van der Waals surface area contributed by atoms with E-state index in [0.717, 1.165) is 10.8 Å². The minimum atomic E-state index is -0.644. The summed E-state index contributed by atoms with van der Waals surface area (Å²) in [4.78, 5) is 28.6. The Hall–Kier alpha value is -3.58. The van der Waals surface area contributed by atoms with Gasteiger partial charge in [0.2, 0.25) is 5.78 Å². The molecule has 3 N–H and O–H groups in total. The third kappa shape index (κ3) is 5.46. The van der Waals surface area contributed by atoms with E-state index < -0.39 is 6.09 Å². The van der Waals surface area contributed by atoms with Gasteiger partial charge in [0.25, 0.3) is 0 Å². The fraction of sp³-hybridized carbons (Fsp3) is 0.182. The molecular weight excluding hydrogens is 368 g/mol. The zero-order valence-corrected chi connectivity index (χ0v) is 16.0. The number of nitrogens with one attached hydrogen (secondary N) is 3. The zero-order valence-electron chi connectivity index (χ0n) is 16.0. The van der Waals surface area contributed by atoms with E-state index in [4.69, 9.17) is 10.1 Å². The largest absolute Gasteiger partial charge is 0.448 e. The van der Waals surface area contributed by atoms with Crippen molar-refractivity contribution in [3.63, 3.8) is 0 Å². The lowest BCUT2D eigenvalue weighted by Crippen LogP contribution is -2.36. The molecule has 1 heterocycles. The normalized spacial score (nSPS) is 11.6. The topological polar surface area (TPSA) is 104 Å². The van der Waals surface area contributed by atoms with E-state index in [2.05, 4.69) is 15.6 Å². The lowest BCUT2D eigenvalue weighted by atomic mass is 10.0. The second-order valence-corrected chi connectivity index (χ2v) is 6.50. The van der Waals surface area contributed by atoms with Crippen molar-refractivity contribution in [1.82, 2.24) is 10.3 Å². The molecule has 0 aliphatic rings. The maximum absolute atomic E-state index is 12.3. The average Bonchev–Trinajstić information content (AvgIpc) is 2.76. The van der Waals surface area contributed by atoms with E-state index in [0.29, 0.717) is 11.4 Å². The van der Waals surface area contributed by atoms with E-state index in [9.17, 15) is 9.59 Å². The van der Waals surface area contributed by atoms with Gasteiger partial charge >= 0.3 is 6.09 Å². The highest BCUT2D eigenvalue weighted by Crippen LogP contribution is 2.16. The van der Waals surface area contributed by atoms with Gasteiger partial charge in [-0.3, -0.25) is 10.1 Å². The number of carbonyl (C=O) groups is 2. The van der Waals surface area contributed by atoms with Gasteiger partial charge in [-0.2, -0.15) is 0 Å². The minimum Gasteiger partial charge on any atom is -0.448 e. The van der Waals surface area contributed by atoms with E-state index >= 15 is 0 Å². The molecule has 0 saturated carbocycles. The number of rotatable bonds is 8. The fourth-order valence-electron chi connectivity index (χ4n) is 2.82. The summed E-state index contributed by atoms with van der Waals surface area (Å²) in [6.07, 6.45) is 1.18. The second kappa shape index (κ2) is 9.57. The number of ether oxygens (including phenoxy) is 1. The van der Waals surface area contributed by atoms with Gasteiger partial charge in [0.15, 0.2) is 0 Å². The first-order valence-electron chi connectivity index (χ1n) is 9.20. The smallest absolute Gasteiger partial charge is 0.412 e. The molecule has 0 aliphatic heterocycles. The number of carbonyl (C=O) groups excluding carboxylic acids is 2. The molecule has 0 saturated heterocycles. The molecule has 3 aromatic rings. The Kier molecular flexibility index (Phi) is 6.65. The van der Waals surface area contributed by atoms with E-state index in [1.807, 2.05) is 30.3 Å². The average molecular weight is 390 g/mol. The van der Waals surface area contributed by atoms with E-state index in [-0.39, 0.29) is 30.6 Å². The van der Waals surface area contributed by atoms with Crippen LogP contribution in [0.25, 0.3) is 10.8 Å². The first-order valence-corrected chi connectivity index (χ1v) is 9.20. The molecule has 1 atom stereocenters. The third-order valence-corrected chi connectivity index (χ3v) is 4.45. The number of Topliss-reactive ketones (excluding diaryl/α,β-unsaturated/α-hetero) is 1. The monoisotopic (exact) mass is 390 g/mol. The number of anilines is 1. The molecule has 148 valence electrons. The SMILES string of the molecule is CN[C@H](COC(=O)Nc1cc2ccccc2cn1)CC(=N)C(=O)c1ccccc1. The van der Waals surface area contributed by atoms with E-state index in [1.54, 1.807) is 43.6 Å². The predicted octanol–water partition coefficient (Wildman–Crippen LogP) is 3.66. The molecule has 7 heteroatoms. The number of ketones is 1. The highest BCUT2D eigenvalue weighted by molar-refractivity contribution is 6.45. The van der Waals surface area contributed by atoms with Crippen molar-refractivity contribution in [3.05, 3.63) is 72.4 Å². The number of aromatic nitrogens is 1. The molecule has 29 heavy (non-hydrogen) atoms. The summed E-state index contributed by atoms with van der Waals surface area (Å²) in [6, 6.07) is 17.8. The quantitative estimate of drug-likeness (QED) is 0.402. The second-order valence-electron chi connectivity index (χ2n) is 6.50. The number of fused-ring (bicyclic) bond motifs is 1. The lowest BCUT2D eigenvalue weighted by Gasteiger charge is -2.16. The van der Waals surface area contributed by atoms with Gasteiger partial charge in [0.1, 0.15) is 12.4 Å². The molecule has 0 spiro atoms. The molecule has 0 aliphatic carbocycles. The van der Waals surface area contributed by atoms with Gasteiger partial charge in [0, 0.05) is 29.6 Å². The molecule has 1 amide bonds. The standard InChI is InChI=1S/C22H22N4O3/c1-24-18(12-19(23)21(27)15-7-3-2-4-8-15)14-29-22(28)26-20-11-16-9-5-6-10-17(16)13-25-20/h2-11,13,18,23-24H,12,14H2,1H3,(H,25,26,28)/t18-/m0/s1. The summed E-state index contributed by atoms with van der Waals surface area (Å²) in [5.41, 5.74) is 0.421. The Morgan fingerprint density at radius 3 is 2.48 bits per heavy atom. The van der Waals surface area contributed by atoms with Crippen LogP contribution in [0.1, 0.15) is 16.8 Å². The highest BCUT2D eigenvalue weighted by atomic mass is 16.5. The van der Waals surface area contributed by atoms with Gasteiger partial charge in [-0.15, -0.1) is 0 Å². The van der Waals surface area contributed by atoms with Crippen molar-refractivity contribution in [2.45, 2.75) is 12.5 Å². The van der Waals surface area contributed by atoms with Crippen LogP contribution in [0.4, 0.5) is 10.6 Å². The van der Waals surface area contributed by atoms with Crippen LogP contribution < -0.4 is 10.6 Å². The van der Waals surface area contributed by atoms with Crippen LogP contribution in [-0.4, -0.2) is 42.3 Å². The molecule has 0 fully saturated rings. The van der Waals surface area contributed by atoms with E-state index in [1.165, 1.54) is 0 Å². The number of amides is 1. The predicted molar refractivity (Wildman–Crippen MR) is 113 cm³/mol. The van der Waals surface area contributed by atoms with Gasteiger partial charge < -0.3 is 15.5 Å². The summed E-state index contributed by atoms with van der Waals surface area (Å²) in [6.45, 7) is 0.0143. The van der Waals surface area contributed by atoms with Crippen LogP contribution in [0.15, 0.2) is 66.9 Å². The number of benzene rings is 2. The van der Waals surface area contributed by atoms with Crippen molar-refractivity contribution in [2.75, 3.05) is 19.0 Å². The van der Waals surface area contributed by atoms with Crippen LogP contribution >= 0.6 is 0 Å². The zero-order chi connectivity index (χ0) is 20.6. The Balaban J connectivity index is 1.52. The van der Waals surface area contributed by atoms with Crippen molar-refractivity contribution in [3.8, 4) is 0 Å². The van der Waals surface area contributed by atoms with Gasteiger partial charge in [-0.05, 0) is 18.5 Å². The van der Waals surface area contributed by atoms with Crippen LogP contribution in [0.3, 0.4) is 0 Å². The molecule has 0 unspecified atom stereocenters. The Labute approximate surface area is 168 Å². The lowest BCUT2D eigenvalue weighted by molar-refractivity contribution is 0.106. The van der Waals surface area contributed by atoms with Crippen LogP contribution in [0.2, 0.25) is 0 Å². The fourth-order valence-corrected chi connectivity index (χ4v) is 2.82. The minimum absolute atomic E-state index is 0.0143. The molecule has 7 nitrogen and oxygen atoms in total. The summed E-state index contributed by atoms with van der Waals surface area (Å²) < 4.78 is 5.24. The Morgan fingerprint density at radius 2 is 1.76 bits per heavy atom. The van der Waals surface area contributed by atoms with Crippen molar-refractivity contribution in [2.24, 2.45) is 0 Å². The molecule has 2 aromatic carbocycles. The molecule has 0 radical (unpaired) electrons. The van der Waals surface area contributed by atoms with Gasteiger partial charge in [-0.25, -0.2) is 9.78 Å². The van der Waals surface area contributed by atoms with Crippen molar-refractivity contribution in [1.29, 1.82) is 5.41 Å². The number of likely N-dealkylation sites (N-methyl/N-ethyl adjacent to an activating group) is 1. The summed E-state index contributed by atoms with van der Waals surface area (Å²) in [5, 5.41) is 15.5. The summed E-state index contributed by atoms with van der Waals surface area (Å²) >= 11 is 0. The summed E-state index contributed by atoms with van der Waals surface area (Å²) in [7, 11) is 1.69. The van der Waals surface area contributed by atoms with Crippen LogP contribution in [-0.2, 0) is 4.74 Å². The Morgan fingerprint density at radius 1 is 1.07 bits per heavy atom. The van der Waals surface area contributed by atoms with Crippen LogP contribution in [0.5, 0.6) is 0 Å². The van der Waals surface area contributed by atoms with Gasteiger partial charge in [-0.1, -0.05) is 54.6 Å². The first kappa shape index (κ1) is 20.2. The van der Waals surface area contributed by atoms with Gasteiger partial charge in [0.05, 0.1) is 5.71 Å². The Bertz CT molecular complexity index is 1020. The number of hydrogen-bond donors (Lipinski definition) is 3. The number of nitrogens with zero attached hydrogens (tertiary/aromatic N) is 1. The first-order chi connectivity index (χ1) is 14.1. The maximum atomic E-state index is 12.3. The highest BCUT2D eigenvalue weighted by Gasteiger charge is 2.18. The third-order valence-electron chi connectivity index (χ3n) is 4.45. The molecule has 1 aromatic heterocycles. The maximum Gasteiger partial charge on any atom is 0.412 e. The molecule has 3 rings (SSSR count). The van der Waals surface area contributed by atoms with Crippen molar-refractivity contribution >= 4 is 34.2 Å². The molecule has 0 bridgehead atoms. The van der Waals surface area contributed by atoms with Crippen LogP contribution in [0, 0.1) is 5.41 Å².